The van der Waals surface area contributed by atoms with Crippen LogP contribution in [0.1, 0.15) is 96.2 Å². The average Bonchev–Trinajstić information content (AvgIpc) is 3.16. The van der Waals surface area contributed by atoms with Gasteiger partial charge in [0.2, 0.25) is 5.92 Å². The van der Waals surface area contributed by atoms with Crippen molar-refractivity contribution in [3.05, 3.63) is 29.6 Å². The van der Waals surface area contributed by atoms with E-state index in [0.29, 0.717) is 38.0 Å². The molecule has 0 atom stereocenters. The molecule has 2 aromatic rings. The molecule has 0 N–H and O–H groups in total. The second-order valence-corrected chi connectivity index (χ2v) is 13.2. The molecule has 1 aromatic carbocycles. The topological polar surface area (TPSA) is 47.4 Å². The number of carbonyl (C=O) groups is 1. The van der Waals surface area contributed by atoms with Gasteiger partial charge in [-0.25, -0.2) is 13.8 Å². The largest absolute Gasteiger partial charge is 0.378 e. The van der Waals surface area contributed by atoms with Crippen molar-refractivity contribution in [3.8, 4) is 0 Å². The lowest BCUT2D eigenvalue weighted by atomic mass is 9.86. The lowest BCUT2D eigenvalue weighted by molar-refractivity contribution is -0.0473. The second kappa shape index (κ2) is 10.0. The van der Waals surface area contributed by atoms with Gasteiger partial charge < -0.3 is 14.2 Å². The lowest BCUT2D eigenvalue weighted by Gasteiger charge is -2.33. The van der Waals surface area contributed by atoms with Crippen molar-refractivity contribution < 1.29 is 18.3 Å². The molecule has 1 aliphatic carbocycles. The third kappa shape index (κ3) is 6.45. The van der Waals surface area contributed by atoms with E-state index in [1.807, 2.05) is 23.1 Å². The van der Waals surface area contributed by atoms with Crippen molar-refractivity contribution in [3.63, 3.8) is 0 Å². The van der Waals surface area contributed by atoms with E-state index in [2.05, 4.69) is 46.1 Å². The minimum Gasteiger partial charge on any atom is -0.378 e. The molecule has 200 valence electrons. The third-order valence-corrected chi connectivity index (χ3v) is 7.42. The Morgan fingerprint density at radius 1 is 1.06 bits per heavy atom. The summed E-state index contributed by atoms with van der Waals surface area (Å²) in [7, 11) is 0. The Balaban J connectivity index is 1.49. The van der Waals surface area contributed by atoms with Crippen LogP contribution in [0.3, 0.4) is 0 Å². The molecule has 36 heavy (non-hydrogen) atoms. The van der Waals surface area contributed by atoms with Crippen molar-refractivity contribution in [1.29, 1.82) is 0 Å². The number of benzene rings is 1. The Labute approximate surface area is 214 Å². The molecule has 0 unspecified atom stereocenters. The molecule has 1 amide bonds. The first-order valence-corrected chi connectivity index (χ1v) is 13.5. The molecule has 5 nitrogen and oxygen atoms in total. The van der Waals surface area contributed by atoms with Gasteiger partial charge in [0.25, 0.3) is 5.91 Å². The van der Waals surface area contributed by atoms with E-state index in [4.69, 9.17) is 9.72 Å². The lowest BCUT2D eigenvalue weighted by Crippen LogP contribution is -2.41. The van der Waals surface area contributed by atoms with E-state index in [-0.39, 0.29) is 41.6 Å². The smallest absolute Gasteiger partial charge is 0.253 e. The van der Waals surface area contributed by atoms with E-state index < -0.39 is 5.92 Å². The highest BCUT2D eigenvalue weighted by Gasteiger charge is 2.36. The summed E-state index contributed by atoms with van der Waals surface area (Å²) in [6, 6.07) is 5.79. The first-order chi connectivity index (χ1) is 16.7. The summed E-state index contributed by atoms with van der Waals surface area (Å²) in [6.07, 6.45) is 2.91. The standard InChI is InChI=1S/C29H43F2N3O2/c1-27(2,3)19-36-22-11-15-33(16-12-22)25(35)21-7-8-24-23(17-21)32-26(28(4,5)6)34(24)18-20-9-13-29(30,31)14-10-20/h7-8,17,20,22H,9-16,18-19H2,1-6H3. The molecule has 7 heteroatoms. The number of ether oxygens (including phenoxy) is 1. The quantitative estimate of drug-likeness (QED) is 0.449. The summed E-state index contributed by atoms with van der Waals surface area (Å²) in [5, 5.41) is 0. The average molecular weight is 504 g/mol. The number of carbonyl (C=O) groups excluding carboxylic acids is 1. The fourth-order valence-electron chi connectivity index (χ4n) is 5.34. The van der Waals surface area contributed by atoms with Gasteiger partial charge in [-0.1, -0.05) is 41.5 Å². The fourth-order valence-corrected chi connectivity index (χ4v) is 5.34. The van der Waals surface area contributed by atoms with E-state index in [1.165, 1.54) is 0 Å². The summed E-state index contributed by atoms with van der Waals surface area (Å²) in [5.41, 5.74) is 2.37. The van der Waals surface area contributed by atoms with Crippen LogP contribution in [0.4, 0.5) is 8.78 Å². The molecule has 4 rings (SSSR count). The number of hydrogen-bond acceptors (Lipinski definition) is 3. The molecule has 2 fully saturated rings. The number of fused-ring (bicyclic) bond motifs is 1. The molecule has 0 radical (unpaired) electrons. The van der Waals surface area contributed by atoms with Crippen molar-refractivity contribution >= 4 is 16.9 Å². The maximum Gasteiger partial charge on any atom is 0.253 e. The number of aromatic nitrogens is 2. The predicted octanol–water partition coefficient (Wildman–Crippen LogP) is 6.83. The molecule has 1 saturated heterocycles. The van der Waals surface area contributed by atoms with Crippen LogP contribution in [0.15, 0.2) is 18.2 Å². The maximum atomic E-state index is 13.7. The van der Waals surface area contributed by atoms with E-state index in [1.54, 1.807) is 0 Å². The Kier molecular flexibility index (Phi) is 7.53. The Hall–Kier alpha value is -2.02. The summed E-state index contributed by atoms with van der Waals surface area (Å²) in [5.74, 6) is -1.34. The summed E-state index contributed by atoms with van der Waals surface area (Å²) in [6.45, 7) is 15.7. The number of hydrogen-bond donors (Lipinski definition) is 0. The first kappa shape index (κ1) is 27.0. The number of nitrogens with zero attached hydrogens (tertiary/aromatic N) is 3. The van der Waals surface area contributed by atoms with Gasteiger partial charge in [-0.15, -0.1) is 0 Å². The van der Waals surface area contributed by atoms with Crippen molar-refractivity contribution in [2.45, 2.75) is 104 Å². The zero-order valence-corrected chi connectivity index (χ0v) is 22.9. The minimum atomic E-state index is -2.52. The highest BCUT2D eigenvalue weighted by Crippen LogP contribution is 2.38. The zero-order valence-electron chi connectivity index (χ0n) is 22.9. The van der Waals surface area contributed by atoms with Crippen LogP contribution in [0, 0.1) is 11.3 Å². The van der Waals surface area contributed by atoms with Gasteiger partial charge in [0, 0.05) is 43.5 Å². The van der Waals surface area contributed by atoms with Crippen LogP contribution in [0.25, 0.3) is 11.0 Å². The Bertz CT molecular complexity index is 1060. The number of likely N-dealkylation sites (tertiary alicyclic amines) is 1. The van der Waals surface area contributed by atoms with Crippen LogP contribution < -0.4 is 0 Å². The third-order valence-electron chi connectivity index (χ3n) is 7.42. The van der Waals surface area contributed by atoms with Crippen LogP contribution >= 0.6 is 0 Å². The Morgan fingerprint density at radius 3 is 2.28 bits per heavy atom. The Morgan fingerprint density at radius 2 is 1.69 bits per heavy atom. The molecule has 1 saturated carbocycles. The maximum absolute atomic E-state index is 13.7. The number of amides is 1. The van der Waals surface area contributed by atoms with Crippen LogP contribution in [-0.2, 0) is 16.7 Å². The number of imidazole rings is 1. The summed E-state index contributed by atoms with van der Waals surface area (Å²) in [4.78, 5) is 20.2. The van der Waals surface area contributed by atoms with Gasteiger partial charge >= 0.3 is 0 Å². The molecule has 1 aromatic heterocycles. The SMILES string of the molecule is CC(C)(C)COC1CCN(C(=O)c2ccc3c(c2)nc(C(C)(C)C)n3CC2CCC(F)(F)CC2)CC1. The van der Waals surface area contributed by atoms with Crippen molar-refractivity contribution in [2.75, 3.05) is 19.7 Å². The number of alkyl halides is 2. The van der Waals surface area contributed by atoms with Gasteiger partial charge in [-0.3, -0.25) is 4.79 Å². The van der Waals surface area contributed by atoms with Crippen LogP contribution in [0.2, 0.25) is 0 Å². The van der Waals surface area contributed by atoms with Crippen molar-refractivity contribution in [2.24, 2.45) is 11.3 Å². The van der Waals surface area contributed by atoms with Crippen LogP contribution in [-0.4, -0.2) is 52.1 Å². The van der Waals surface area contributed by atoms with Gasteiger partial charge in [0.05, 0.1) is 23.7 Å². The van der Waals surface area contributed by atoms with E-state index in [0.717, 1.165) is 36.3 Å². The highest BCUT2D eigenvalue weighted by atomic mass is 19.3. The summed E-state index contributed by atoms with van der Waals surface area (Å²) < 4.78 is 35.7. The van der Waals surface area contributed by atoms with Gasteiger partial charge in [-0.2, -0.15) is 0 Å². The fraction of sp³-hybridized carbons (Fsp3) is 0.724. The van der Waals surface area contributed by atoms with Crippen molar-refractivity contribution in [1.82, 2.24) is 14.5 Å². The number of piperidine rings is 1. The molecule has 0 spiro atoms. The van der Waals surface area contributed by atoms with Crippen LogP contribution in [0.5, 0.6) is 0 Å². The molecular formula is C29H43F2N3O2. The number of rotatable bonds is 5. The summed E-state index contributed by atoms with van der Waals surface area (Å²) >= 11 is 0. The second-order valence-electron chi connectivity index (χ2n) is 13.2. The van der Waals surface area contributed by atoms with Gasteiger partial charge in [0.15, 0.2) is 0 Å². The zero-order chi connectivity index (χ0) is 26.3. The highest BCUT2D eigenvalue weighted by molar-refractivity contribution is 5.97. The molecule has 2 aliphatic rings. The monoisotopic (exact) mass is 503 g/mol. The molecule has 0 bridgehead atoms. The van der Waals surface area contributed by atoms with E-state index in [9.17, 15) is 13.6 Å². The minimum absolute atomic E-state index is 0.0348. The predicted molar refractivity (Wildman–Crippen MR) is 140 cm³/mol. The first-order valence-electron chi connectivity index (χ1n) is 13.5. The van der Waals surface area contributed by atoms with Gasteiger partial charge in [-0.05, 0) is 55.2 Å². The molecule has 1 aliphatic heterocycles. The molecule has 2 heterocycles. The molecular weight excluding hydrogens is 460 g/mol. The number of halogens is 2. The van der Waals surface area contributed by atoms with Gasteiger partial charge in [0.1, 0.15) is 5.82 Å². The van der Waals surface area contributed by atoms with E-state index >= 15 is 0 Å². The normalized spacial score (nSPS) is 20.3.